The third kappa shape index (κ3) is 1.41. The predicted molar refractivity (Wildman–Crippen MR) is 30.6 cm³/mol. The van der Waals surface area contributed by atoms with Crippen molar-refractivity contribution in [2.24, 2.45) is 0 Å². The molecule has 0 unspecified atom stereocenters. The highest BCUT2D eigenvalue weighted by molar-refractivity contribution is 5.79. The minimum Gasteiger partial charge on any atom is -0.324 e. The van der Waals surface area contributed by atoms with Gasteiger partial charge in [-0.15, -0.1) is 0 Å². The van der Waals surface area contributed by atoms with Crippen molar-refractivity contribution in [3.63, 3.8) is 0 Å². The second-order valence-corrected chi connectivity index (χ2v) is 2.06. The molecule has 3 nitrogen and oxygen atoms in total. The first-order valence-electron chi connectivity index (χ1n) is 2.99. The number of carbonyl (C=O) groups excluding carboxylic acids is 1. The number of hydrogen-bond donors (Lipinski definition) is 1. The lowest BCUT2D eigenvalue weighted by molar-refractivity contribution is -0.141. The molecule has 58 valence electrons. The highest BCUT2D eigenvalue weighted by atomic mass is 19.3. The van der Waals surface area contributed by atoms with Gasteiger partial charge in [0.25, 0.3) is 5.91 Å². The van der Waals surface area contributed by atoms with Gasteiger partial charge in [-0.05, 0) is 0 Å². The summed E-state index contributed by atoms with van der Waals surface area (Å²) in [6.07, 6.45) is -2.86. The van der Waals surface area contributed by atoms with Crippen LogP contribution in [0, 0.1) is 0 Å². The Hall–Kier alpha value is -0.710. The Bertz CT molecular complexity index is 134. The summed E-state index contributed by atoms with van der Waals surface area (Å²) in [4.78, 5) is 11.6. The molecule has 0 atom stereocenters. The molecule has 1 aliphatic rings. The van der Waals surface area contributed by atoms with Crippen molar-refractivity contribution in [3.8, 4) is 0 Å². The lowest BCUT2D eigenvalue weighted by atomic mass is 10.5. The molecule has 1 saturated heterocycles. The van der Waals surface area contributed by atoms with Crippen molar-refractivity contribution in [3.05, 3.63) is 0 Å². The Labute approximate surface area is 57.0 Å². The molecule has 5 heteroatoms. The van der Waals surface area contributed by atoms with Crippen molar-refractivity contribution in [1.82, 2.24) is 10.2 Å². The zero-order valence-corrected chi connectivity index (χ0v) is 5.31. The monoisotopic (exact) mass is 150 g/mol. The number of halogens is 2. The lowest BCUT2D eigenvalue weighted by Gasteiger charge is -2.12. The Kier molecular flexibility index (Phi) is 2.16. The van der Waals surface area contributed by atoms with Crippen molar-refractivity contribution < 1.29 is 13.6 Å². The first kappa shape index (κ1) is 7.40. The number of carbonyl (C=O) groups is 1. The van der Waals surface area contributed by atoms with Crippen molar-refractivity contribution in [1.29, 1.82) is 0 Å². The van der Waals surface area contributed by atoms with E-state index in [2.05, 4.69) is 5.32 Å². The van der Waals surface area contributed by atoms with Crippen LogP contribution in [0.1, 0.15) is 0 Å². The van der Waals surface area contributed by atoms with Crippen LogP contribution in [0.25, 0.3) is 0 Å². The zero-order valence-electron chi connectivity index (χ0n) is 5.31. The van der Waals surface area contributed by atoms with Gasteiger partial charge in [-0.1, -0.05) is 0 Å². The second-order valence-electron chi connectivity index (χ2n) is 2.06. The first-order valence-corrected chi connectivity index (χ1v) is 2.99. The molecule has 1 amide bonds. The number of alkyl halides is 2. The van der Waals surface area contributed by atoms with Crippen LogP contribution in [-0.4, -0.2) is 37.0 Å². The second kappa shape index (κ2) is 2.92. The van der Waals surface area contributed by atoms with Crippen LogP contribution in [-0.2, 0) is 4.79 Å². The SMILES string of the molecule is O=C(C(F)F)N1CCNC1. The van der Waals surface area contributed by atoms with Crippen LogP contribution in [0.3, 0.4) is 0 Å². The minimum absolute atomic E-state index is 0.253. The normalized spacial score (nSPS) is 18.5. The van der Waals surface area contributed by atoms with E-state index in [-0.39, 0.29) is 6.67 Å². The Morgan fingerprint density at radius 3 is 2.70 bits per heavy atom. The molecule has 1 heterocycles. The number of nitrogens with one attached hydrogen (secondary N) is 1. The highest BCUT2D eigenvalue weighted by Crippen LogP contribution is 2.01. The minimum atomic E-state index is -2.86. The largest absolute Gasteiger partial charge is 0.324 e. The van der Waals surface area contributed by atoms with E-state index >= 15 is 0 Å². The predicted octanol–water partition coefficient (Wildman–Crippen LogP) is -0.359. The van der Waals surface area contributed by atoms with Gasteiger partial charge in [0.05, 0.1) is 6.67 Å². The summed E-state index contributed by atoms with van der Waals surface area (Å²) in [6, 6.07) is 0. The smallest absolute Gasteiger partial charge is 0.315 e. The van der Waals surface area contributed by atoms with E-state index in [0.717, 1.165) is 4.90 Å². The van der Waals surface area contributed by atoms with Crippen molar-refractivity contribution >= 4 is 5.91 Å². The summed E-state index contributed by atoms with van der Waals surface area (Å²) < 4.78 is 23.3. The maximum absolute atomic E-state index is 11.7. The molecule has 10 heavy (non-hydrogen) atoms. The van der Waals surface area contributed by atoms with Gasteiger partial charge in [0.1, 0.15) is 0 Å². The van der Waals surface area contributed by atoms with Gasteiger partial charge in [0.15, 0.2) is 0 Å². The molecular formula is C5H8F2N2O. The van der Waals surface area contributed by atoms with Gasteiger partial charge in [-0.25, -0.2) is 0 Å². The van der Waals surface area contributed by atoms with E-state index in [1.807, 2.05) is 0 Å². The fourth-order valence-corrected chi connectivity index (χ4v) is 0.833. The Morgan fingerprint density at radius 1 is 1.60 bits per heavy atom. The fourth-order valence-electron chi connectivity index (χ4n) is 0.833. The van der Waals surface area contributed by atoms with Gasteiger partial charge in [-0.3, -0.25) is 10.1 Å². The topological polar surface area (TPSA) is 32.3 Å². The van der Waals surface area contributed by atoms with E-state index in [4.69, 9.17) is 0 Å². The van der Waals surface area contributed by atoms with E-state index in [0.29, 0.717) is 13.1 Å². The number of hydrogen-bond acceptors (Lipinski definition) is 2. The molecule has 0 aromatic carbocycles. The standard InChI is InChI=1S/C5H8F2N2O/c6-4(7)5(10)9-2-1-8-3-9/h4,8H,1-3H2. The van der Waals surface area contributed by atoms with Gasteiger partial charge in [0, 0.05) is 13.1 Å². The molecule has 0 radical (unpaired) electrons. The molecule has 0 saturated carbocycles. The average Bonchev–Trinajstić information content (AvgIpc) is 2.36. The lowest BCUT2D eigenvalue weighted by Crippen LogP contribution is -2.34. The molecule has 0 aromatic heterocycles. The van der Waals surface area contributed by atoms with Crippen molar-refractivity contribution in [2.45, 2.75) is 6.43 Å². The molecule has 1 rings (SSSR count). The molecule has 0 spiro atoms. The van der Waals surface area contributed by atoms with E-state index in [1.165, 1.54) is 0 Å². The number of rotatable bonds is 1. The molecule has 0 aromatic rings. The summed E-state index contributed by atoms with van der Waals surface area (Å²) in [5, 5.41) is 2.78. The van der Waals surface area contributed by atoms with Gasteiger partial charge in [-0.2, -0.15) is 8.78 Å². The van der Waals surface area contributed by atoms with E-state index < -0.39 is 12.3 Å². The average molecular weight is 150 g/mol. The summed E-state index contributed by atoms with van der Waals surface area (Å²) in [5.41, 5.74) is 0. The van der Waals surface area contributed by atoms with E-state index in [1.54, 1.807) is 0 Å². The maximum atomic E-state index is 11.7. The molecule has 0 bridgehead atoms. The van der Waals surface area contributed by atoms with Crippen LogP contribution in [0.5, 0.6) is 0 Å². The van der Waals surface area contributed by atoms with Crippen LogP contribution < -0.4 is 5.32 Å². The van der Waals surface area contributed by atoms with Crippen LogP contribution >= 0.6 is 0 Å². The molecule has 1 aliphatic heterocycles. The molecule has 1 N–H and O–H groups in total. The molecule has 1 fully saturated rings. The Balaban J connectivity index is 2.40. The van der Waals surface area contributed by atoms with Gasteiger partial charge in [0.2, 0.25) is 0 Å². The summed E-state index contributed by atoms with van der Waals surface area (Å²) in [7, 11) is 0. The van der Waals surface area contributed by atoms with Gasteiger partial charge >= 0.3 is 6.43 Å². The Morgan fingerprint density at radius 2 is 2.30 bits per heavy atom. The molecule has 0 aliphatic carbocycles. The third-order valence-corrected chi connectivity index (χ3v) is 1.36. The third-order valence-electron chi connectivity index (χ3n) is 1.36. The van der Waals surface area contributed by atoms with Crippen LogP contribution in [0.15, 0.2) is 0 Å². The summed E-state index contributed by atoms with van der Waals surface area (Å²) in [5.74, 6) is -1.08. The van der Waals surface area contributed by atoms with E-state index in [9.17, 15) is 13.6 Å². The summed E-state index contributed by atoms with van der Waals surface area (Å²) in [6.45, 7) is 1.25. The molecular weight excluding hydrogens is 142 g/mol. The van der Waals surface area contributed by atoms with Gasteiger partial charge < -0.3 is 4.90 Å². The first-order chi connectivity index (χ1) is 4.72. The summed E-state index contributed by atoms with van der Waals surface area (Å²) >= 11 is 0. The zero-order chi connectivity index (χ0) is 7.56. The number of nitrogens with zero attached hydrogens (tertiary/aromatic N) is 1. The highest BCUT2D eigenvalue weighted by Gasteiger charge is 2.24. The fraction of sp³-hybridized carbons (Fsp3) is 0.800. The number of amides is 1. The van der Waals surface area contributed by atoms with Crippen LogP contribution in [0.4, 0.5) is 8.78 Å². The van der Waals surface area contributed by atoms with Crippen molar-refractivity contribution in [2.75, 3.05) is 19.8 Å². The van der Waals surface area contributed by atoms with Crippen LogP contribution in [0.2, 0.25) is 0 Å². The maximum Gasteiger partial charge on any atom is 0.315 e. The quantitative estimate of drug-likeness (QED) is 0.553.